The second-order valence-corrected chi connectivity index (χ2v) is 8.42. The summed E-state index contributed by atoms with van der Waals surface area (Å²) in [5.74, 6) is -0.731. The summed E-state index contributed by atoms with van der Waals surface area (Å²) in [7, 11) is 1.83. The van der Waals surface area contributed by atoms with Gasteiger partial charge in [-0.1, -0.05) is 11.6 Å². The number of aromatic nitrogens is 4. The molecule has 1 aliphatic heterocycles. The summed E-state index contributed by atoms with van der Waals surface area (Å²) in [5, 5.41) is 14.6. The number of nitriles is 1. The highest BCUT2D eigenvalue weighted by Crippen LogP contribution is 2.33. The van der Waals surface area contributed by atoms with Crippen LogP contribution in [-0.2, 0) is 7.05 Å². The maximum atomic E-state index is 14.4. The van der Waals surface area contributed by atoms with Gasteiger partial charge in [-0.3, -0.25) is 14.0 Å². The van der Waals surface area contributed by atoms with Crippen molar-refractivity contribution in [3.8, 4) is 23.1 Å². The molecule has 0 unspecified atom stereocenters. The first-order valence-corrected chi connectivity index (χ1v) is 10.7. The zero-order chi connectivity index (χ0) is 23.3. The summed E-state index contributed by atoms with van der Waals surface area (Å²) >= 11 is 6.73. The molecule has 1 fully saturated rings. The van der Waals surface area contributed by atoms with Crippen molar-refractivity contribution in [3.63, 3.8) is 0 Å². The Balaban J connectivity index is 1.70. The lowest BCUT2D eigenvalue weighted by Gasteiger charge is -2.14. The molecule has 0 bridgehead atoms. The number of nitrogens with two attached hydrogens (primary N) is 1. The number of rotatable bonds is 3. The Morgan fingerprint density at radius 3 is 2.82 bits per heavy atom. The standard InChI is InChI=1S/C23H19ClFN7O/c1-30-11-15-4-5-17(9-19(15)29-30)32-21(24)20(23(33)31-7-6-16(27)12-31)28-22(32)13-2-3-14(10-26)18(25)8-13/h2-5,8-9,11,16H,6-7,12,27H2,1H3/t16-/m0/s1. The van der Waals surface area contributed by atoms with Crippen molar-refractivity contribution in [3.05, 3.63) is 64.8 Å². The number of hydrogen-bond acceptors (Lipinski definition) is 5. The molecule has 0 spiro atoms. The molecule has 1 atom stereocenters. The van der Waals surface area contributed by atoms with E-state index in [0.29, 0.717) is 30.8 Å². The molecule has 2 aromatic carbocycles. The molecule has 10 heteroatoms. The highest BCUT2D eigenvalue weighted by atomic mass is 35.5. The second kappa shape index (κ2) is 7.99. The Kier molecular flexibility index (Phi) is 5.12. The molecule has 1 aliphatic rings. The average Bonchev–Trinajstić information content (AvgIpc) is 3.48. The third-order valence-electron chi connectivity index (χ3n) is 5.75. The number of likely N-dealkylation sites (tertiary alicyclic amines) is 1. The van der Waals surface area contributed by atoms with Crippen LogP contribution in [0.25, 0.3) is 28.0 Å². The lowest BCUT2D eigenvalue weighted by Crippen LogP contribution is -2.32. The van der Waals surface area contributed by atoms with E-state index in [-0.39, 0.29) is 34.2 Å². The SMILES string of the molecule is Cn1cc2ccc(-n3c(-c4ccc(C#N)c(F)c4)nc(C(=O)N4CC[C@H](N)C4)c3Cl)cc2n1. The van der Waals surface area contributed by atoms with Gasteiger partial charge >= 0.3 is 0 Å². The van der Waals surface area contributed by atoms with Crippen LogP contribution in [0.5, 0.6) is 0 Å². The van der Waals surface area contributed by atoms with E-state index in [4.69, 9.17) is 22.6 Å². The first-order valence-electron chi connectivity index (χ1n) is 10.3. The predicted molar refractivity (Wildman–Crippen MR) is 121 cm³/mol. The molecule has 33 heavy (non-hydrogen) atoms. The molecular formula is C23H19ClFN7O. The summed E-state index contributed by atoms with van der Waals surface area (Å²) in [5.41, 5.74) is 7.68. The van der Waals surface area contributed by atoms with Gasteiger partial charge < -0.3 is 10.6 Å². The smallest absolute Gasteiger partial charge is 0.275 e. The molecule has 0 saturated carbocycles. The lowest BCUT2D eigenvalue weighted by atomic mass is 10.1. The fourth-order valence-corrected chi connectivity index (χ4v) is 4.40. The van der Waals surface area contributed by atoms with Crippen molar-refractivity contribution in [1.82, 2.24) is 24.2 Å². The summed E-state index contributed by atoms with van der Waals surface area (Å²) in [6, 6.07) is 11.4. The number of carbonyl (C=O) groups is 1. The van der Waals surface area contributed by atoms with Gasteiger partial charge in [-0.05, 0) is 42.8 Å². The van der Waals surface area contributed by atoms with Crippen molar-refractivity contribution in [1.29, 1.82) is 5.26 Å². The molecule has 2 aromatic heterocycles. The molecule has 0 radical (unpaired) electrons. The largest absolute Gasteiger partial charge is 0.336 e. The summed E-state index contributed by atoms with van der Waals surface area (Å²) < 4.78 is 17.7. The molecule has 0 aliphatic carbocycles. The third kappa shape index (κ3) is 3.63. The molecule has 2 N–H and O–H groups in total. The van der Waals surface area contributed by atoms with Gasteiger partial charge in [0.15, 0.2) is 5.69 Å². The van der Waals surface area contributed by atoms with Crippen LogP contribution in [0.4, 0.5) is 4.39 Å². The summed E-state index contributed by atoms with van der Waals surface area (Å²) in [6.07, 6.45) is 2.59. The molecule has 3 heterocycles. The van der Waals surface area contributed by atoms with Crippen molar-refractivity contribution in [2.45, 2.75) is 12.5 Å². The van der Waals surface area contributed by atoms with Gasteiger partial charge in [0.1, 0.15) is 22.9 Å². The normalized spacial score (nSPS) is 15.8. The molecule has 4 aromatic rings. The van der Waals surface area contributed by atoms with Gasteiger partial charge in [-0.15, -0.1) is 0 Å². The highest BCUT2D eigenvalue weighted by Gasteiger charge is 2.30. The minimum atomic E-state index is -0.681. The average molecular weight is 464 g/mol. The first-order chi connectivity index (χ1) is 15.9. The van der Waals surface area contributed by atoms with E-state index in [1.54, 1.807) is 20.2 Å². The van der Waals surface area contributed by atoms with Gasteiger partial charge in [0, 0.05) is 43.3 Å². The third-order valence-corrected chi connectivity index (χ3v) is 6.10. The Morgan fingerprint density at radius 2 is 2.12 bits per heavy atom. The highest BCUT2D eigenvalue weighted by molar-refractivity contribution is 6.33. The minimum absolute atomic E-state index is 0.0617. The fourth-order valence-electron chi connectivity index (χ4n) is 4.10. The number of halogens is 2. The van der Waals surface area contributed by atoms with Crippen molar-refractivity contribution >= 4 is 28.4 Å². The van der Waals surface area contributed by atoms with Crippen LogP contribution in [-0.4, -0.2) is 49.3 Å². The molecule has 166 valence electrons. The van der Waals surface area contributed by atoms with E-state index in [1.807, 2.05) is 37.5 Å². The quantitative estimate of drug-likeness (QED) is 0.502. The number of imidazole rings is 1. The number of amides is 1. The van der Waals surface area contributed by atoms with E-state index in [0.717, 1.165) is 10.9 Å². The molecule has 8 nitrogen and oxygen atoms in total. The van der Waals surface area contributed by atoms with Crippen LogP contribution in [0.1, 0.15) is 22.5 Å². The summed E-state index contributed by atoms with van der Waals surface area (Å²) in [6.45, 7) is 0.937. The zero-order valence-electron chi connectivity index (χ0n) is 17.7. The molecule has 5 rings (SSSR count). The van der Waals surface area contributed by atoms with Crippen LogP contribution < -0.4 is 5.73 Å². The first kappa shape index (κ1) is 21.1. The number of aryl methyl sites for hydroxylation is 1. The maximum Gasteiger partial charge on any atom is 0.275 e. The van der Waals surface area contributed by atoms with E-state index in [9.17, 15) is 9.18 Å². The van der Waals surface area contributed by atoms with Crippen molar-refractivity contribution < 1.29 is 9.18 Å². The van der Waals surface area contributed by atoms with Crippen molar-refractivity contribution in [2.24, 2.45) is 12.8 Å². The summed E-state index contributed by atoms with van der Waals surface area (Å²) in [4.78, 5) is 19.4. The monoisotopic (exact) mass is 463 g/mol. The van der Waals surface area contributed by atoms with E-state index in [2.05, 4.69) is 10.1 Å². The van der Waals surface area contributed by atoms with Crippen LogP contribution in [0.3, 0.4) is 0 Å². The van der Waals surface area contributed by atoms with Crippen LogP contribution in [0.15, 0.2) is 42.6 Å². The van der Waals surface area contributed by atoms with Crippen LogP contribution in [0, 0.1) is 17.1 Å². The van der Waals surface area contributed by atoms with Crippen LogP contribution in [0.2, 0.25) is 5.15 Å². The molecular weight excluding hydrogens is 445 g/mol. The Bertz CT molecular complexity index is 1450. The second-order valence-electron chi connectivity index (χ2n) is 8.06. The van der Waals surface area contributed by atoms with Crippen LogP contribution >= 0.6 is 11.6 Å². The molecule has 1 amide bonds. The Labute approximate surface area is 193 Å². The number of carbonyl (C=O) groups excluding carboxylic acids is 1. The van der Waals surface area contributed by atoms with Gasteiger partial charge in [0.25, 0.3) is 5.91 Å². The zero-order valence-corrected chi connectivity index (χ0v) is 18.4. The lowest BCUT2D eigenvalue weighted by molar-refractivity contribution is 0.0786. The minimum Gasteiger partial charge on any atom is -0.336 e. The van der Waals surface area contributed by atoms with E-state index < -0.39 is 5.82 Å². The molecule has 1 saturated heterocycles. The maximum absolute atomic E-state index is 14.4. The van der Waals surface area contributed by atoms with Gasteiger partial charge in [-0.25, -0.2) is 9.37 Å². The Morgan fingerprint density at radius 1 is 1.30 bits per heavy atom. The number of fused-ring (bicyclic) bond motifs is 1. The van der Waals surface area contributed by atoms with Gasteiger partial charge in [0.05, 0.1) is 16.8 Å². The number of nitrogens with zero attached hydrogens (tertiary/aromatic N) is 6. The van der Waals surface area contributed by atoms with Gasteiger partial charge in [-0.2, -0.15) is 10.4 Å². The Hall–Kier alpha value is -3.74. The van der Waals surface area contributed by atoms with Crippen molar-refractivity contribution in [2.75, 3.05) is 13.1 Å². The topological polar surface area (TPSA) is 106 Å². The van der Waals surface area contributed by atoms with Gasteiger partial charge in [0.2, 0.25) is 0 Å². The number of benzene rings is 2. The predicted octanol–water partition coefficient (Wildman–Crippen LogP) is 3.26. The number of hydrogen-bond donors (Lipinski definition) is 1. The fraction of sp³-hybridized carbons (Fsp3) is 0.217. The van der Waals surface area contributed by atoms with E-state index >= 15 is 0 Å². The van der Waals surface area contributed by atoms with E-state index in [1.165, 1.54) is 12.1 Å².